The molecule has 2 fully saturated rings. The first-order valence-corrected chi connectivity index (χ1v) is 11.2. The first kappa shape index (κ1) is 21.3. The Balaban J connectivity index is 1.43. The molecule has 0 N–H and O–H groups in total. The SMILES string of the molecule is CCOC(=O)C1=NN(c2ccccc2)C(C(=O)N2CCN(C(=O)C3CCCC3)CC2)C1. The summed E-state index contributed by atoms with van der Waals surface area (Å²) in [4.78, 5) is 42.1. The van der Waals surface area contributed by atoms with Crippen molar-refractivity contribution in [1.29, 1.82) is 0 Å². The van der Waals surface area contributed by atoms with Crippen LogP contribution >= 0.6 is 0 Å². The van der Waals surface area contributed by atoms with Crippen LogP contribution in [-0.2, 0) is 19.1 Å². The van der Waals surface area contributed by atoms with E-state index >= 15 is 0 Å². The number of carbonyl (C=O) groups excluding carboxylic acids is 3. The molecule has 8 nitrogen and oxygen atoms in total. The Kier molecular flexibility index (Phi) is 6.53. The summed E-state index contributed by atoms with van der Waals surface area (Å²) in [5.41, 5.74) is 1.02. The van der Waals surface area contributed by atoms with Gasteiger partial charge in [0.15, 0.2) is 0 Å². The van der Waals surface area contributed by atoms with E-state index in [-0.39, 0.29) is 36.5 Å². The number of rotatable bonds is 5. The molecule has 1 atom stereocenters. The minimum Gasteiger partial charge on any atom is -0.461 e. The Labute approximate surface area is 182 Å². The van der Waals surface area contributed by atoms with Gasteiger partial charge < -0.3 is 14.5 Å². The van der Waals surface area contributed by atoms with E-state index in [2.05, 4.69) is 5.10 Å². The summed E-state index contributed by atoms with van der Waals surface area (Å²) in [6.07, 6.45) is 4.46. The van der Waals surface area contributed by atoms with Crippen LogP contribution in [0.4, 0.5) is 5.69 Å². The number of amides is 2. The summed E-state index contributed by atoms with van der Waals surface area (Å²) in [6, 6.07) is 8.81. The van der Waals surface area contributed by atoms with Gasteiger partial charge in [0.2, 0.25) is 11.8 Å². The van der Waals surface area contributed by atoms with E-state index in [1.54, 1.807) is 16.8 Å². The van der Waals surface area contributed by atoms with Crippen LogP contribution in [-0.4, -0.2) is 72.1 Å². The lowest BCUT2D eigenvalue weighted by molar-refractivity contribution is -0.142. The summed E-state index contributed by atoms with van der Waals surface area (Å²) in [6.45, 7) is 4.14. The highest BCUT2D eigenvalue weighted by atomic mass is 16.5. The number of hydrogen-bond acceptors (Lipinski definition) is 6. The topological polar surface area (TPSA) is 82.5 Å². The molecule has 0 spiro atoms. The average Bonchev–Trinajstić information content (AvgIpc) is 3.50. The van der Waals surface area contributed by atoms with E-state index in [4.69, 9.17) is 4.74 Å². The lowest BCUT2D eigenvalue weighted by Gasteiger charge is -2.38. The fraction of sp³-hybridized carbons (Fsp3) is 0.565. The number of piperazine rings is 1. The Bertz CT molecular complexity index is 842. The zero-order valence-corrected chi connectivity index (χ0v) is 18.0. The van der Waals surface area contributed by atoms with Crippen molar-refractivity contribution in [3.05, 3.63) is 30.3 Å². The van der Waals surface area contributed by atoms with Crippen molar-refractivity contribution in [3.63, 3.8) is 0 Å². The minimum atomic E-state index is -0.584. The van der Waals surface area contributed by atoms with E-state index in [0.717, 1.165) is 31.4 Å². The van der Waals surface area contributed by atoms with Crippen LogP contribution in [0.25, 0.3) is 0 Å². The third kappa shape index (κ3) is 4.57. The van der Waals surface area contributed by atoms with Gasteiger partial charge in [-0.15, -0.1) is 0 Å². The molecule has 2 aliphatic heterocycles. The fourth-order valence-electron chi connectivity index (χ4n) is 4.65. The molecule has 3 aliphatic rings. The minimum absolute atomic E-state index is 0.0696. The van der Waals surface area contributed by atoms with Gasteiger partial charge >= 0.3 is 5.97 Å². The van der Waals surface area contributed by atoms with Crippen LogP contribution in [0.5, 0.6) is 0 Å². The van der Waals surface area contributed by atoms with Gasteiger partial charge in [0, 0.05) is 38.5 Å². The highest BCUT2D eigenvalue weighted by molar-refractivity contribution is 6.38. The highest BCUT2D eigenvalue weighted by Gasteiger charge is 2.40. The molecule has 0 bridgehead atoms. The predicted octanol–water partition coefficient (Wildman–Crippen LogP) is 2.05. The third-order valence-corrected chi connectivity index (χ3v) is 6.33. The van der Waals surface area contributed by atoms with Crippen LogP contribution in [0.2, 0.25) is 0 Å². The summed E-state index contributed by atoms with van der Waals surface area (Å²) in [7, 11) is 0. The highest BCUT2D eigenvalue weighted by Crippen LogP contribution is 2.28. The van der Waals surface area contributed by atoms with Crippen molar-refractivity contribution in [2.45, 2.75) is 45.1 Å². The lowest BCUT2D eigenvalue weighted by atomic mass is 10.1. The van der Waals surface area contributed by atoms with Crippen molar-refractivity contribution < 1.29 is 19.1 Å². The van der Waals surface area contributed by atoms with Crippen molar-refractivity contribution in [2.24, 2.45) is 11.0 Å². The summed E-state index contributed by atoms with van der Waals surface area (Å²) in [5, 5.41) is 6.06. The molecule has 1 aromatic carbocycles. The van der Waals surface area contributed by atoms with Crippen LogP contribution < -0.4 is 5.01 Å². The molecule has 1 aliphatic carbocycles. The quantitative estimate of drug-likeness (QED) is 0.673. The van der Waals surface area contributed by atoms with E-state index < -0.39 is 12.0 Å². The van der Waals surface area contributed by atoms with Crippen LogP contribution in [0.3, 0.4) is 0 Å². The van der Waals surface area contributed by atoms with Gasteiger partial charge in [0.05, 0.1) is 12.3 Å². The number of benzene rings is 1. The van der Waals surface area contributed by atoms with Gasteiger partial charge in [-0.05, 0) is 31.9 Å². The monoisotopic (exact) mass is 426 g/mol. The maximum absolute atomic E-state index is 13.4. The molecule has 4 rings (SSSR count). The summed E-state index contributed by atoms with van der Waals surface area (Å²) in [5.74, 6) is -0.152. The second kappa shape index (κ2) is 9.49. The first-order valence-electron chi connectivity index (χ1n) is 11.2. The molecule has 1 saturated carbocycles. The van der Waals surface area contributed by atoms with Crippen LogP contribution in [0.1, 0.15) is 39.0 Å². The smallest absolute Gasteiger partial charge is 0.354 e. The Hall–Kier alpha value is -2.90. The number of ether oxygens (including phenoxy) is 1. The maximum atomic E-state index is 13.4. The second-order valence-electron chi connectivity index (χ2n) is 8.30. The second-order valence-corrected chi connectivity index (χ2v) is 8.30. The molecular weight excluding hydrogens is 396 g/mol. The van der Waals surface area contributed by atoms with E-state index in [0.29, 0.717) is 26.2 Å². The van der Waals surface area contributed by atoms with Gasteiger partial charge in [0.25, 0.3) is 0 Å². The van der Waals surface area contributed by atoms with Gasteiger partial charge in [-0.1, -0.05) is 31.0 Å². The Morgan fingerprint density at radius 2 is 1.58 bits per heavy atom. The van der Waals surface area contributed by atoms with Gasteiger partial charge in [-0.3, -0.25) is 14.6 Å². The van der Waals surface area contributed by atoms with Gasteiger partial charge in [0.1, 0.15) is 11.8 Å². The number of nitrogens with zero attached hydrogens (tertiary/aromatic N) is 4. The molecule has 2 amide bonds. The van der Waals surface area contributed by atoms with Crippen molar-refractivity contribution >= 4 is 29.2 Å². The number of carbonyl (C=O) groups is 3. The normalized spacial score (nSPS) is 21.9. The Morgan fingerprint density at radius 3 is 2.19 bits per heavy atom. The molecule has 0 radical (unpaired) electrons. The summed E-state index contributed by atoms with van der Waals surface area (Å²) >= 11 is 0. The van der Waals surface area contributed by atoms with E-state index in [9.17, 15) is 14.4 Å². The molecule has 1 unspecified atom stereocenters. The molecule has 8 heteroatoms. The molecule has 31 heavy (non-hydrogen) atoms. The number of esters is 1. The van der Waals surface area contributed by atoms with E-state index in [1.165, 1.54) is 0 Å². The standard InChI is InChI=1S/C23H30N4O4/c1-2-31-23(30)19-16-20(27(24-19)18-10-4-3-5-11-18)22(29)26-14-12-25(13-15-26)21(28)17-8-6-7-9-17/h3-5,10-11,17,20H,2,6-9,12-16H2,1H3. The van der Waals surface area contributed by atoms with Crippen LogP contribution in [0, 0.1) is 5.92 Å². The molecule has 0 aromatic heterocycles. The Morgan fingerprint density at radius 1 is 0.968 bits per heavy atom. The van der Waals surface area contributed by atoms with Crippen molar-refractivity contribution in [1.82, 2.24) is 9.80 Å². The molecule has 166 valence electrons. The zero-order valence-electron chi connectivity index (χ0n) is 18.0. The van der Waals surface area contributed by atoms with Crippen molar-refractivity contribution in [3.8, 4) is 0 Å². The average molecular weight is 427 g/mol. The molecular formula is C23H30N4O4. The predicted molar refractivity (Wildman–Crippen MR) is 117 cm³/mol. The third-order valence-electron chi connectivity index (χ3n) is 6.33. The number of hydrazone groups is 1. The maximum Gasteiger partial charge on any atom is 0.354 e. The number of anilines is 1. The van der Waals surface area contributed by atoms with Gasteiger partial charge in [-0.25, -0.2) is 4.79 Å². The zero-order chi connectivity index (χ0) is 21.8. The lowest BCUT2D eigenvalue weighted by Crippen LogP contribution is -2.55. The molecule has 2 heterocycles. The number of para-hydroxylation sites is 1. The van der Waals surface area contributed by atoms with E-state index in [1.807, 2.05) is 35.2 Å². The molecule has 1 aromatic rings. The van der Waals surface area contributed by atoms with Crippen LogP contribution in [0.15, 0.2) is 35.4 Å². The van der Waals surface area contributed by atoms with Crippen molar-refractivity contribution in [2.75, 3.05) is 37.8 Å². The van der Waals surface area contributed by atoms with Gasteiger partial charge in [-0.2, -0.15) is 5.10 Å². The summed E-state index contributed by atoms with van der Waals surface area (Å²) < 4.78 is 5.11. The largest absolute Gasteiger partial charge is 0.461 e. The first-order chi connectivity index (χ1) is 15.1. The molecule has 1 saturated heterocycles. The fourth-order valence-corrected chi connectivity index (χ4v) is 4.65. The number of hydrogen-bond donors (Lipinski definition) is 0.